The lowest BCUT2D eigenvalue weighted by Gasteiger charge is -2.08. The van der Waals surface area contributed by atoms with Crippen molar-refractivity contribution >= 4 is 16.5 Å². The van der Waals surface area contributed by atoms with Gasteiger partial charge in [-0.15, -0.1) is 0 Å². The van der Waals surface area contributed by atoms with E-state index in [9.17, 15) is 0 Å². The number of anilines is 1. The number of nitrogens with zero attached hydrogens (tertiary/aromatic N) is 2. The molecule has 2 aromatic heterocycles. The van der Waals surface area contributed by atoms with Gasteiger partial charge in [-0.05, 0) is 19.1 Å². The van der Waals surface area contributed by atoms with E-state index in [1.54, 1.807) is 0 Å². The van der Waals surface area contributed by atoms with Crippen LogP contribution in [0.25, 0.3) is 10.8 Å². The zero-order valence-corrected chi connectivity index (χ0v) is 10.1. The second kappa shape index (κ2) is 4.49. The standard InChI is InChI=1S/C14H14N4/c1-10-16-8-12(18-10)9-17-14-4-2-3-11-7-15-6-5-13(11)14/h2-8,17H,9H2,1H3,(H,16,18). The van der Waals surface area contributed by atoms with Crippen molar-refractivity contribution in [2.75, 3.05) is 5.32 Å². The molecule has 0 atom stereocenters. The molecular formula is C14H14N4. The van der Waals surface area contributed by atoms with Gasteiger partial charge in [0, 0.05) is 28.9 Å². The largest absolute Gasteiger partial charge is 0.379 e. The summed E-state index contributed by atoms with van der Waals surface area (Å²) in [6, 6.07) is 8.19. The van der Waals surface area contributed by atoms with E-state index in [1.807, 2.05) is 37.6 Å². The summed E-state index contributed by atoms with van der Waals surface area (Å²) in [6.45, 7) is 2.69. The van der Waals surface area contributed by atoms with Gasteiger partial charge >= 0.3 is 0 Å². The molecule has 0 saturated carbocycles. The van der Waals surface area contributed by atoms with Crippen molar-refractivity contribution in [1.29, 1.82) is 0 Å². The Balaban J connectivity index is 1.86. The highest BCUT2D eigenvalue weighted by Crippen LogP contribution is 2.22. The Kier molecular flexibility index (Phi) is 2.68. The third-order valence-corrected chi connectivity index (χ3v) is 2.91. The first-order valence-corrected chi connectivity index (χ1v) is 5.90. The number of hydrogen-bond acceptors (Lipinski definition) is 3. The number of imidazole rings is 1. The molecule has 0 amide bonds. The van der Waals surface area contributed by atoms with Crippen molar-refractivity contribution in [3.63, 3.8) is 0 Å². The lowest BCUT2D eigenvalue weighted by Crippen LogP contribution is -2.00. The quantitative estimate of drug-likeness (QED) is 0.737. The number of H-pyrrole nitrogens is 1. The van der Waals surface area contributed by atoms with Crippen LogP contribution >= 0.6 is 0 Å². The molecule has 18 heavy (non-hydrogen) atoms. The molecule has 3 rings (SSSR count). The van der Waals surface area contributed by atoms with Crippen LogP contribution in [0.5, 0.6) is 0 Å². The first-order valence-electron chi connectivity index (χ1n) is 5.90. The maximum absolute atomic E-state index is 4.19. The smallest absolute Gasteiger partial charge is 0.103 e. The average Bonchev–Trinajstić information content (AvgIpc) is 2.82. The van der Waals surface area contributed by atoms with Gasteiger partial charge < -0.3 is 10.3 Å². The first-order chi connectivity index (χ1) is 8.83. The molecule has 1 aromatic carbocycles. The lowest BCUT2D eigenvalue weighted by molar-refractivity contribution is 1.05. The lowest BCUT2D eigenvalue weighted by atomic mass is 10.1. The van der Waals surface area contributed by atoms with E-state index in [1.165, 1.54) is 5.39 Å². The molecule has 0 spiro atoms. The summed E-state index contributed by atoms with van der Waals surface area (Å²) < 4.78 is 0. The summed E-state index contributed by atoms with van der Waals surface area (Å²) in [5.41, 5.74) is 2.20. The molecule has 0 aliphatic rings. The highest BCUT2D eigenvalue weighted by molar-refractivity contribution is 5.93. The summed E-state index contributed by atoms with van der Waals surface area (Å²) in [5, 5.41) is 5.74. The highest BCUT2D eigenvalue weighted by atomic mass is 15.0. The van der Waals surface area contributed by atoms with Gasteiger partial charge in [-0.25, -0.2) is 4.98 Å². The molecule has 0 fully saturated rings. The molecule has 3 aromatic rings. The summed E-state index contributed by atoms with van der Waals surface area (Å²) in [6.07, 6.45) is 5.55. The van der Waals surface area contributed by atoms with Crippen molar-refractivity contribution in [3.05, 3.63) is 54.4 Å². The third kappa shape index (κ3) is 2.05. The number of pyridine rings is 1. The Morgan fingerprint density at radius 2 is 2.17 bits per heavy atom. The molecule has 0 unspecified atom stereocenters. The van der Waals surface area contributed by atoms with Crippen molar-refractivity contribution in [2.45, 2.75) is 13.5 Å². The molecule has 4 nitrogen and oxygen atoms in total. The Hall–Kier alpha value is -2.36. The van der Waals surface area contributed by atoms with Crippen LogP contribution in [0.2, 0.25) is 0 Å². The maximum Gasteiger partial charge on any atom is 0.103 e. The minimum absolute atomic E-state index is 0.738. The number of nitrogens with one attached hydrogen (secondary N) is 2. The predicted octanol–water partition coefficient (Wildman–Crippen LogP) is 2.88. The Morgan fingerprint density at radius 3 is 3.00 bits per heavy atom. The molecule has 0 aliphatic heterocycles. The molecule has 4 heteroatoms. The van der Waals surface area contributed by atoms with E-state index in [0.29, 0.717) is 0 Å². The number of aryl methyl sites for hydroxylation is 1. The number of fused-ring (bicyclic) bond motifs is 1. The Labute approximate surface area is 105 Å². The summed E-state index contributed by atoms with van der Waals surface area (Å²) >= 11 is 0. The van der Waals surface area contributed by atoms with Crippen LogP contribution in [0.15, 0.2) is 42.9 Å². The van der Waals surface area contributed by atoms with Crippen LogP contribution in [0, 0.1) is 6.92 Å². The second-order valence-corrected chi connectivity index (χ2v) is 4.25. The van der Waals surface area contributed by atoms with Crippen molar-refractivity contribution < 1.29 is 0 Å². The normalized spacial score (nSPS) is 10.7. The van der Waals surface area contributed by atoms with Gasteiger partial charge in [0.05, 0.1) is 18.4 Å². The minimum Gasteiger partial charge on any atom is -0.379 e. The van der Waals surface area contributed by atoms with Gasteiger partial charge in [0.25, 0.3) is 0 Å². The van der Waals surface area contributed by atoms with E-state index in [0.717, 1.165) is 29.1 Å². The van der Waals surface area contributed by atoms with E-state index >= 15 is 0 Å². The third-order valence-electron chi connectivity index (χ3n) is 2.91. The van der Waals surface area contributed by atoms with Crippen LogP contribution in [0.3, 0.4) is 0 Å². The first kappa shape index (κ1) is 10.8. The average molecular weight is 238 g/mol. The van der Waals surface area contributed by atoms with E-state index in [2.05, 4.69) is 32.4 Å². The SMILES string of the molecule is Cc1ncc(CNc2cccc3cnccc23)[nH]1. The zero-order chi connectivity index (χ0) is 12.4. The summed E-state index contributed by atoms with van der Waals surface area (Å²) in [4.78, 5) is 11.5. The fourth-order valence-corrected chi connectivity index (χ4v) is 2.03. The molecule has 0 aliphatic carbocycles. The molecule has 2 N–H and O–H groups in total. The van der Waals surface area contributed by atoms with E-state index in [-0.39, 0.29) is 0 Å². The zero-order valence-electron chi connectivity index (χ0n) is 10.1. The monoisotopic (exact) mass is 238 g/mol. The second-order valence-electron chi connectivity index (χ2n) is 4.25. The molecule has 90 valence electrons. The topological polar surface area (TPSA) is 53.6 Å². The van der Waals surface area contributed by atoms with Crippen LogP contribution in [0.4, 0.5) is 5.69 Å². The Morgan fingerprint density at radius 1 is 1.22 bits per heavy atom. The molecule has 0 bridgehead atoms. The van der Waals surface area contributed by atoms with Crippen LogP contribution in [0.1, 0.15) is 11.5 Å². The van der Waals surface area contributed by atoms with Gasteiger partial charge in [0.15, 0.2) is 0 Å². The number of aromatic amines is 1. The predicted molar refractivity (Wildman–Crippen MR) is 72.4 cm³/mol. The van der Waals surface area contributed by atoms with E-state index < -0.39 is 0 Å². The molecule has 2 heterocycles. The number of benzene rings is 1. The van der Waals surface area contributed by atoms with Gasteiger partial charge in [0.2, 0.25) is 0 Å². The maximum atomic E-state index is 4.19. The van der Waals surface area contributed by atoms with Crippen LogP contribution in [-0.4, -0.2) is 15.0 Å². The van der Waals surface area contributed by atoms with Crippen molar-refractivity contribution in [3.8, 4) is 0 Å². The van der Waals surface area contributed by atoms with Crippen molar-refractivity contribution in [2.24, 2.45) is 0 Å². The number of rotatable bonds is 3. The number of aromatic nitrogens is 3. The molecule has 0 radical (unpaired) electrons. The van der Waals surface area contributed by atoms with Gasteiger partial charge in [0.1, 0.15) is 5.82 Å². The van der Waals surface area contributed by atoms with Gasteiger partial charge in [-0.1, -0.05) is 12.1 Å². The van der Waals surface area contributed by atoms with Crippen molar-refractivity contribution in [1.82, 2.24) is 15.0 Å². The summed E-state index contributed by atoms with van der Waals surface area (Å²) in [7, 11) is 0. The van der Waals surface area contributed by atoms with Gasteiger partial charge in [-0.3, -0.25) is 4.98 Å². The molecular weight excluding hydrogens is 224 g/mol. The number of hydrogen-bond donors (Lipinski definition) is 2. The minimum atomic E-state index is 0.738. The fraction of sp³-hybridized carbons (Fsp3) is 0.143. The summed E-state index contributed by atoms with van der Waals surface area (Å²) in [5.74, 6) is 0.939. The van der Waals surface area contributed by atoms with Crippen LogP contribution < -0.4 is 5.32 Å². The molecule has 0 saturated heterocycles. The Bertz CT molecular complexity index is 667. The van der Waals surface area contributed by atoms with E-state index in [4.69, 9.17) is 0 Å². The fourth-order valence-electron chi connectivity index (χ4n) is 2.03. The highest BCUT2D eigenvalue weighted by Gasteiger charge is 2.01. The van der Waals surface area contributed by atoms with Gasteiger partial charge in [-0.2, -0.15) is 0 Å². The van der Waals surface area contributed by atoms with Crippen LogP contribution in [-0.2, 0) is 6.54 Å².